The molecule has 0 radical (unpaired) electrons. The molecule has 0 spiro atoms. The molecule has 0 aliphatic carbocycles. The highest BCUT2D eigenvalue weighted by molar-refractivity contribution is 5.82. The molecule has 0 aliphatic heterocycles. The van der Waals surface area contributed by atoms with Crippen LogP contribution in [0.2, 0.25) is 0 Å². The Kier molecular flexibility index (Phi) is 4.72. The van der Waals surface area contributed by atoms with E-state index in [-0.39, 0.29) is 13.1 Å². The second-order valence-electron chi connectivity index (χ2n) is 3.87. The fourth-order valence-corrected chi connectivity index (χ4v) is 1.68. The second kappa shape index (κ2) is 5.86. The minimum Gasteiger partial charge on any atom is -0.329 e. The first-order chi connectivity index (χ1) is 8.38. The largest absolute Gasteiger partial charge is 0.471 e. The van der Waals surface area contributed by atoms with Crippen molar-refractivity contribution in [2.24, 2.45) is 5.73 Å². The molecule has 1 amide bonds. The summed E-state index contributed by atoms with van der Waals surface area (Å²) in [7, 11) is 0. The van der Waals surface area contributed by atoms with Crippen LogP contribution in [0.25, 0.3) is 0 Å². The van der Waals surface area contributed by atoms with E-state index < -0.39 is 18.1 Å². The predicted octanol–water partition coefficient (Wildman–Crippen LogP) is 2.10. The minimum atomic E-state index is -4.88. The molecule has 0 saturated heterocycles. The molecule has 6 heteroatoms. The molecule has 1 aromatic rings. The molecular weight excluding hydrogens is 245 g/mol. The van der Waals surface area contributed by atoms with Gasteiger partial charge in [-0.05, 0) is 12.5 Å². The number of hydrogen-bond donors (Lipinski definition) is 1. The number of nitrogens with two attached hydrogens (primary N) is 1. The number of alkyl halides is 3. The smallest absolute Gasteiger partial charge is 0.329 e. The van der Waals surface area contributed by atoms with Crippen LogP contribution in [0.3, 0.4) is 0 Å². The molecule has 3 nitrogen and oxygen atoms in total. The van der Waals surface area contributed by atoms with Gasteiger partial charge in [-0.3, -0.25) is 4.79 Å². The van der Waals surface area contributed by atoms with Crippen molar-refractivity contribution < 1.29 is 18.0 Å². The molecule has 0 aliphatic rings. The molecule has 1 atom stereocenters. The molecule has 0 heterocycles. The van der Waals surface area contributed by atoms with Gasteiger partial charge < -0.3 is 10.6 Å². The molecule has 0 saturated carbocycles. The Hall–Kier alpha value is -1.56. The van der Waals surface area contributed by atoms with Crippen LogP contribution < -0.4 is 5.73 Å². The Morgan fingerprint density at radius 2 is 1.89 bits per heavy atom. The van der Waals surface area contributed by atoms with Crippen LogP contribution in [-0.4, -0.2) is 30.1 Å². The average Bonchev–Trinajstić information content (AvgIpc) is 2.34. The molecule has 18 heavy (non-hydrogen) atoms. The SMILES string of the molecule is CC(c1ccccc1)N(CCN)C(=O)C(F)(F)F. The summed E-state index contributed by atoms with van der Waals surface area (Å²) < 4.78 is 37.4. The monoisotopic (exact) mass is 260 g/mol. The van der Waals surface area contributed by atoms with Crippen LogP contribution >= 0.6 is 0 Å². The van der Waals surface area contributed by atoms with Crippen LogP contribution in [0, 0.1) is 0 Å². The number of carbonyl (C=O) groups excluding carboxylic acids is 1. The fourth-order valence-electron chi connectivity index (χ4n) is 1.68. The van der Waals surface area contributed by atoms with Gasteiger partial charge in [0.05, 0.1) is 6.04 Å². The standard InChI is InChI=1S/C12H15F3N2O/c1-9(10-5-3-2-4-6-10)17(8-7-16)11(18)12(13,14)15/h2-6,9H,7-8,16H2,1H3. The Labute approximate surface area is 103 Å². The van der Waals surface area contributed by atoms with Gasteiger partial charge in [-0.25, -0.2) is 0 Å². The summed E-state index contributed by atoms with van der Waals surface area (Å²) in [5.41, 5.74) is 5.91. The van der Waals surface area contributed by atoms with Crippen molar-refractivity contribution in [3.05, 3.63) is 35.9 Å². The molecule has 1 unspecified atom stereocenters. The van der Waals surface area contributed by atoms with E-state index in [1.165, 1.54) is 0 Å². The lowest BCUT2D eigenvalue weighted by atomic mass is 10.1. The lowest BCUT2D eigenvalue weighted by molar-refractivity contribution is -0.187. The first-order valence-electron chi connectivity index (χ1n) is 5.50. The van der Waals surface area contributed by atoms with Gasteiger partial charge in [0.15, 0.2) is 0 Å². The Morgan fingerprint density at radius 1 is 1.33 bits per heavy atom. The van der Waals surface area contributed by atoms with Gasteiger partial charge in [-0.1, -0.05) is 30.3 Å². The zero-order valence-electron chi connectivity index (χ0n) is 9.95. The van der Waals surface area contributed by atoms with Gasteiger partial charge in [0.25, 0.3) is 0 Å². The number of halogens is 3. The molecule has 0 bridgehead atoms. The van der Waals surface area contributed by atoms with E-state index in [2.05, 4.69) is 0 Å². The van der Waals surface area contributed by atoms with Gasteiger partial charge in [0.1, 0.15) is 0 Å². The Bertz CT molecular complexity index is 392. The molecule has 100 valence electrons. The minimum absolute atomic E-state index is 0.0149. The number of rotatable bonds is 4. The van der Waals surface area contributed by atoms with Crippen LogP contribution in [0.15, 0.2) is 30.3 Å². The summed E-state index contributed by atoms with van der Waals surface area (Å²) in [6.45, 7) is 1.40. The van der Waals surface area contributed by atoms with Crippen molar-refractivity contribution in [1.29, 1.82) is 0 Å². The van der Waals surface area contributed by atoms with Gasteiger partial charge in [-0.2, -0.15) is 13.2 Å². The van der Waals surface area contributed by atoms with Crippen molar-refractivity contribution in [3.63, 3.8) is 0 Å². The molecule has 2 N–H and O–H groups in total. The molecular formula is C12H15F3N2O. The predicted molar refractivity (Wildman–Crippen MR) is 61.7 cm³/mol. The maximum absolute atomic E-state index is 12.5. The summed E-state index contributed by atoms with van der Waals surface area (Å²) in [5, 5.41) is 0. The first kappa shape index (κ1) is 14.5. The molecule has 0 aromatic heterocycles. The number of carbonyl (C=O) groups is 1. The van der Waals surface area contributed by atoms with Gasteiger partial charge in [0.2, 0.25) is 0 Å². The second-order valence-corrected chi connectivity index (χ2v) is 3.87. The molecule has 1 rings (SSSR count). The highest BCUT2D eigenvalue weighted by atomic mass is 19.4. The summed E-state index contributed by atoms with van der Waals surface area (Å²) in [6, 6.07) is 7.88. The van der Waals surface area contributed by atoms with E-state index in [0.29, 0.717) is 5.56 Å². The third-order valence-electron chi connectivity index (χ3n) is 2.62. The zero-order valence-corrected chi connectivity index (χ0v) is 9.95. The normalized spacial score (nSPS) is 13.2. The van der Waals surface area contributed by atoms with E-state index >= 15 is 0 Å². The highest BCUT2D eigenvalue weighted by Crippen LogP contribution is 2.26. The third-order valence-corrected chi connectivity index (χ3v) is 2.62. The number of benzene rings is 1. The third kappa shape index (κ3) is 3.46. The van der Waals surface area contributed by atoms with Crippen LogP contribution in [0.5, 0.6) is 0 Å². The summed E-state index contributed by atoms with van der Waals surface area (Å²) in [6.07, 6.45) is -4.88. The van der Waals surface area contributed by atoms with E-state index in [1.54, 1.807) is 37.3 Å². The molecule has 0 fully saturated rings. The van der Waals surface area contributed by atoms with E-state index in [0.717, 1.165) is 4.90 Å². The lowest BCUT2D eigenvalue weighted by Gasteiger charge is -2.29. The van der Waals surface area contributed by atoms with E-state index in [1.807, 2.05) is 0 Å². The van der Waals surface area contributed by atoms with Gasteiger partial charge >= 0.3 is 12.1 Å². The number of amides is 1. The lowest BCUT2D eigenvalue weighted by Crippen LogP contribution is -2.44. The fraction of sp³-hybridized carbons (Fsp3) is 0.417. The quantitative estimate of drug-likeness (QED) is 0.901. The average molecular weight is 260 g/mol. The van der Waals surface area contributed by atoms with Gasteiger partial charge in [-0.15, -0.1) is 0 Å². The van der Waals surface area contributed by atoms with Crippen molar-refractivity contribution in [2.45, 2.75) is 19.1 Å². The highest BCUT2D eigenvalue weighted by Gasteiger charge is 2.43. The summed E-state index contributed by atoms with van der Waals surface area (Å²) in [4.78, 5) is 12.1. The Balaban J connectivity index is 2.95. The maximum Gasteiger partial charge on any atom is 0.471 e. The van der Waals surface area contributed by atoms with Crippen molar-refractivity contribution in [1.82, 2.24) is 4.90 Å². The summed E-state index contributed by atoms with van der Waals surface area (Å²) in [5.74, 6) is -1.86. The van der Waals surface area contributed by atoms with Gasteiger partial charge in [0, 0.05) is 13.1 Å². The van der Waals surface area contributed by atoms with E-state index in [9.17, 15) is 18.0 Å². The van der Waals surface area contributed by atoms with Crippen molar-refractivity contribution in [3.8, 4) is 0 Å². The zero-order chi connectivity index (χ0) is 13.8. The first-order valence-corrected chi connectivity index (χ1v) is 5.50. The topological polar surface area (TPSA) is 46.3 Å². The van der Waals surface area contributed by atoms with Crippen molar-refractivity contribution >= 4 is 5.91 Å². The number of nitrogens with zero attached hydrogens (tertiary/aromatic N) is 1. The van der Waals surface area contributed by atoms with E-state index in [4.69, 9.17) is 5.73 Å². The van der Waals surface area contributed by atoms with Crippen molar-refractivity contribution in [2.75, 3.05) is 13.1 Å². The molecule has 1 aromatic carbocycles. The Morgan fingerprint density at radius 3 is 2.33 bits per heavy atom. The summed E-state index contributed by atoms with van der Waals surface area (Å²) >= 11 is 0. The number of hydrogen-bond acceptors (Lipinski definition) is 2. The van der Waals surface area contributed by atoms with Crippen LogP contribution in [-0.2, 0) is 4.79 Å². The van der Waals surface area contributed by atoms with Crippen LogP contribution in [0.1, 0.15) is 18.5 Å². The maximum atomic E-state index is 12.5. The van der Waals surface area contributed by atoms with Crippen LogP contribution in [0.4, 0.5) is 13.2 Å².